The van der Waals surface area contributed by atoms with Crippen molar-refractivity contribution in [2.75, 3.05) is 31.3 Å². The summed E-state index contributed by atoms with van der Waals surface area (Å²) < 4.78 is 0. The fourth-order valence-corrected chi connectivity index (χ4v) is 1.97. The van der Waals surface area contributed by atoms with Gasteiger partial charge in [0.1, 0.15) is 0 Å². The average Bonchev–Trinajstić information content (AvgIpc) is 3.11. The molecule has 17 heavy (non-hydrogen) atoms. The van der Waals surface area contributed by atoms with Gasteiger partial charge in [-0.1, -0.05) is 0 Å². The molecule has 1 fully saturated rings. The highest BCUT2D eigenvalue weighted by Gasteiger charge is 2.23. The van der Waals surface area contributed by atoms with E-state index in [1.165, 1.54) is 12.8 Å². The van der Waals surface area contributed by atoms with E-state index >= 15 is 0 Å². The van der Waals surface area contributed by atoms with Crippen LogP contribution in [-0.2, 0) is 0 Å². The minimum atomic E-state index is -0.104. The maximum absolute atomic E-state index is 11.5. The first-order valence-electron chi connectivity index (χ1n) is 5.94. The molecule has 1 amide bonds. The Morgan fingerprint density at radius 1 is 1.53 bits per heavy atom. The number of nitrogens with two attached hydrogens (primary N) is 1. The van der Waals surface area contributed by atoms with E-state index in [0.29, 0.717) is 11.3 Å². The van der Waals surface area contributed by atoms with Gasteiger partial charge in [-0.15, -0.1) is 0 Å². The Balaban J connectivity index is 2.15. The summed E-state index contributed by atoms with van der Waals surface area (Å²) in [6, 6.07) is 5.47. The van der Waals surface area contributed by atoms with Crippen LogP contribution in [0, 0.1) is 5.92 Å². The molecule has 0 spiro atoms. The number of hydrogen-bond donors (Lipinski definition) is 2. The van der Waals surface area contributed by atoms with Crippen LogP contribution in [0.3, 0.4) is 0 Å². The normalized spacial score (nSPS) is 14.5. The molecule has 0 aliphatic heterocycles. The van der Waals surface area contributed by atoms with Crippen molar-refractivity contribution in [3.8, 4) is 0 Å². The second-order valence-corrected chi connectivity index (χ2v) is 4.68. The van der Waals surface area contributed by atoms with Gasteiger partial charge in [0.25, 0.3) is 5.91 Å². The van der Waals surface area contributed by atoms with Crippen molar-refractivity contribution < 1.29 is 4.79 Å². The van der Waals surface area contributed by atoms with E-state index in [9.17, 15) is 4.79 Å². The maximum atomic E-state index is 11.5. The molecule has 0 atom stereocenters. The van der Waals surface area contributed by atoms with Crippen molar-refractivity contribution >= 4 is 17.3 Å². The predicted octanol–water partition coefficient (Wildman–Crippen LogP) is 1.47. The highest BCUT2D eigenvalue weighted by Crippen LogP contribution is 2.32. The Labute approximate surface area is 102 Å². The van der Waals surface area contributed by atoms with Crippen molar-refractivity contribution in [3.63, 3.8) is 0 Å². The summed E-state index contributed by atoms with van der Waals surface area (Å²) in [4.78, 5) is 13.6. The monoisotopic (exact) mass is 233 g/mol. The van der Waals surface area contributed by atoms with Gasteiger partial charge >= 0.3 is 0 Å². The number of nitrogens with one attached hydrogen (secondary N) is 1. The van der Waals surface area contributed by atoms with E-state index in [-0.39, 0.29) is 5.91 Å². The number of carbonyl (C=O) groups excluding carboxylic acids is 1. The van der Waals surface area contributed by atoms with Crippen LogP contribution in [0.15, 0.2) is 18.2 Å². The molecule has 92 valence electrons. The Morgan fingerprint density at radius 3 is 2.76 bits per heavy atom. The van der Waals surface area contributed by atoms with Gasteiger partial charge in [0.2, 0.25) is 0 Å². The molecular weight excluding hydrogens is 214 g/mol. The average molecular weight is 233 g/mol. The first-order chi connectivity index (χ1) is 8.11. The first kappa shape index (κ1) is 11.8. The van der Waals surface area contributed by atoms with E-state index in [0.717, 1.165) is 18.2 Å². The lowest BCUT2D eigenvalue weighted by atomic mass is 10.1. The van der Waals surface area contributed by atoms with E-state index in [4.69, 9.17) is 5.73 Å². The molecule has 1 aromatic rings. The van der Waals surface area contributed by atoms with Crippen LogP contribution < -0.4 is 16.0 Å². The molecule has 0 unspecified atom stereocenters. The molecular formula is C13H19N3O. The molecule has 1 aliphatic rings. The summed E-state index contributed by atoms with van der Waals surface area (Å²) in [6.45, 7) is 1.05. The third kappa shape index (κ3) is 2.70. The minimum Gasteiger partial charge on any atom is -0.397 e. The van der Waals surface area contributed by atoms with E-state index in [1.54, 1.807) is 13.1 Å². The molecule has 0 bridgehead atoms. The summed E-state index contributed by atoms with van der Waals surface area (Å²) in [5.74, 6) is 0.714. The molecule has 3 N–H and O–H groups in total. The molecule has 1 aliphatic carbocycles. The van der Waals surface area contributed by atoms with Gasteiger partial charge < -0.3 is 16.0 Å². The van der Waals surface area contributed by atoms with Crippen molar-refractivity contribution in [1.29, 1.82) is 0 Å². The second-order valence-electron chi connectivity index (χ2n) is 4.68. The van der Waals surface area contributed by atoms with Gasteiger partial charge in [-0.05, 0) is 37.0 Å². The van der Waals surface area contributed by atoms with Crippen molar-refractivity contribution in [2.24, 2.45) is 5.92 Å². The number of amides is 1. The van der Waals surface area contributed by atoms with Crippen LogP contribution in [0.2, 0.25) is 0 Å². The Kier molecular flexibility index (Phi) is 3.22. The van der Waals surface area contributed by atoms with Gasteiger partial charge in [0.05, 0.1) is 11.4 Å². The van der Waals surface area contributed by atoms with Gasteiger partial charge in [0, 0.05) is 26.2 Å². The van der Waals surface area contributed by atoms with E-state index in [2.05, 4.69) is 10.2 Å². The van der Waals surface area contributed by atoms with Crippen LogP contribution in [0.4, 0.5) is 11.4 Å². The molecule has 4 heteroatoms. The number of rotatable bonds is 4. The molecule has 2 rings (SSSR count). The third-order valence-corrected chi connectivity index (χ3v) is 3.16. The van der Waals surface area contributed by atoms with E-state index < -0.39 is 0 Å². The topological polar surface area (TPSA) is 58.4 Å². The summed E-state index contributed by atoms with van der Waals surface area (Å²) >= 11 is 0. The lowest BCUT2D eigenvalue weighted by Crippen LogP contribution is -2.22. The molecule has 1 aromatic carbocycles. The van der Waals surface area contributed by atoms with Crippen LogP contribution >= 0.6 is 0 Å². The number of nitrogens with zero attached hydrogens (tertiary/aromatic N) is 1. The zero-order chi connectivity index (χ0) is 12.4. The number of anilines is 2. The SMILES string of the molecule is CNC(=O)c1ccc(N(C)CC2CC2)c(N)c1. The summed E-state index contributed by atoms with van der Waals surface area (Å²) in [5.41, 5.74) is 8.26. The lowest BCUT2D eigenvalue weighted by molar-refractivity contribution is 0.0963. The quantitative estimate of drug-likeness (QED) is 0.774. The van der Waals surface area contributed by atoms with Crippen LogP contribution in [0.25, 0.3) is 0 Å². The summed E-state index contributed by atoms with van der Waals surface area (Å²) in [5, 5.41) is 2.59. The van der Waals surface area contributed by atoms with Crippen LogP contribution in [-0.4, -0.2) is 26.5 Å². The van der Waals surface area contributed by atoms with Gasteiger partial charge in [0.15, 0.2) is 0 Å². The fourth-order valence-electron chi connectivity index (χ4n) is 1.97. The number of benzene rings is 1. The molecule has 0 aromatic heterocycles. The zero-order valence-corrected chi connectivity index (χ0v) is 10.4. The number of nitrogen functional groups attached to an aromatic ring is 1. The highest BCUT2D eigenvalue weighted by atomic mass is 16.1. The Bertz CT molecular complexity index is 427. The molecule has 1 saturated carbocycles. The fraction of sp³-hybridized carbons (Fsp3) is 0.462. The van der Waals surface area contributed by atoms with Crippen molar-refractivity contribution in [1.82, 2.24) is 5.32 Å². The zero-order valence-electron chi connectivity index (χ0n) is 10.4. The smallest absolute Gasteiger partial charge is 0.251 e. The maximum Gasteiger partial charge on any atom is 0.251 e. The Morgan fingerprint density at radius 2 is 2.24 bits per heavy atom. The molecule has 0 radical (unpaired) electrons. The van der Waals surface area contributed by atoms with Crippen molar-refractivity contribution in [2.45, 2.75) is 12.8 Å². The molecule has 4 nitrogen and oxygen atoms in total. The lowest BCUT2D eigenvalue weighted by Gasteiger charge is -2.21. The number of hydrogen-bond acceptors (Lipinski definition) is 3. The van der Waals surface area contributed by atoms with Gasteiger partial charge in [-0.25, -0.2) is 0 Å². The standard InChI is InChI=1S/C13H19N3O/c1-15-13(17)10-5-6-12(11(14)7-10)16(2)8-9-3-4-9/h5-7,9H,3-4,8,14H2,1-2H3,(H,15,17). The highest BCUT2D eigenvalue weighted by molar-refractivity contribution is 5.96. The minimum absolute atomic E-state index is 0.104. The summed E-state index contributed by atoms with van der Waals surface area (Å²) in [6.07, 6.45) is 2.64. The largest absolute Gasteiger partial charge is 0.397 e. The molecule has 0 saturated heterocycles. The van der Waals surface area contributed by atoms with Crippen LogP contribution in [0.1, 0.15) is 23.2 Å². The third-order valence-electron chi connectivity index (χ3n) is 3.16. The molecule has 0 heterocycles. The van der Waals surface area contributed by atoms with Gasteiger partial charge in [-0.3, -0.25) is 4.79 Å². The Hall–Kier alpha value is -1.71. The summed E-state index contributed by atoms with van der Waals surface area (Å²) in [7, 11) is 3.66. The first-order valence-corrected chi connectivity index (χ1v) is 5.94. The second kappa shape index (κ2) is 4.65. The van der Waals surface area contributed by atoms with Crippen molar-refractivity contribution in [3.05, 3.63) is 23.8 Å². The van der Waals surface area contributed by atoms with Gasteiger partial charge in [-0.2, -0.15) is 0 Å². The predicted molar refractivity (Wildman–Crippen MR) is 70.2 cm³/mol. The van der Waals surface area contributed by atoms with E-state index in [1.807, 2.05) is 19.2 Å². The van der Waals surface area contributed by atoms with Crippen LogP contribution in [0.5, 0.6) is 0 Å². The number of carbonyl (C=O) groups is 1.